The molecule has 0 saturated carbocycles. The monoisotopic (exact) mass is 474 g/mol. The van der Waals surface area contributed by atoms with Crippen LogP contribution in [0.1, 0.15) is 38.3 Å². The lowest BCUT2D eigenvalue weighted by Crippen LogP contribution is -2.49. The number of carbonyl (C=O) groups excluding carboxylic acids is 1. The first kappa shape index (κ1) is 27.2. The van der Waals surface area contributed by atoms with Gasteiger partial charge in [0.1, 0.15) is 5.75 Å². The molecule has 2 aromatic rings. The van der Waals surface area contributed by atoms with Gasteiger partial charge in [-0.2, -0.15) is 0 Å². The van der Waals surface area contributed by atoms with Gasteiger partial charge in [-0.25, -0.2) is 0 Å². The lowest BCUT2D eigenvalue weighted by atomic mass is 9.68. The van der Waals surface area contributed by atoms with Crippen LogP contribution >= 0.6 is 12.4 Å². The third kappa shape index (κ3) is 7.73. The van der Waals surface area contributed by atoms with Crippen molar-refractivity contribution < 1.29 is 14.6 Å². The van der Waals surface area contributed by atoms with E-state index in [1.165, 1.54) is 11.1 Å². The number of hydrogen-bond acceptors (Lipinski definition) is 5. The van der Waals surface area contributed by atoms with Crippen LogP contribution in [0.15, 0.2) is 54.6 Å². The average Bonchev–Trinajstić information content (AvgIpc) is 2.77. The normalized spacial score (nSPS) is 21.7. The van der Waals surface area contributed by atoms with Crippen LogP contribution in [0.25, 0.3) is 0 Å². The molecule has 6 heteroatoms. The molecule has 1 fully saturated rings. The molecule has 1 saturated heterocycles. The first-order valence-corrected chi connectivity index (χ1v) is 11.8. The largest absolute Gasteiger partial charge is 0.508 e. The number of rotatable bonds is 10. The number of phenolic OH excluding ortho intramolecular Hbond substituents is 1. The third-order valence-electron chi connectivity index (χ3n) is 6.96. The van der Waals surface area contributed by atoms with Crippen molar-refractivity contribution in [2.24, 2.45) is 11.8 Å². The van der Waals surface area contributed by atoms with E-state index >= 15 is 0 Å². The lowest BCUT2D eigenvalue weighted by Gasteiger charge is -2.46. The van der Waals surface area contributed by atoms with Crippen molar-refractivity contribution in [1.82, 2.24) is 10.2 Å². The van der Waals surface area contributed by atoms with Gasteiger partial charge < -0.3 is 20.1 Å². The highest BCUT2D eigenvalue weighted by Crippen LogP contribution is 2.40. The van der Waals surface area contributed by atoms with Gasteiger partial charge in [0.25, 0.3) is 0 Å². The predicted octanol–water partition coefficient (Wildman–Crippen LogP) is 4.43. The van der Waals surface area contributed by atoms with Gasteiger partial charge in [0.05, 0.1) is 13.2 Å². The quantitative estimate of drug-likeness (QED) is 0.499. The number of nitrogens with zero attached hydrogens (tertiary/aromatic N) is 1. The molecule has 1 heterocycles. The van der Waals surface area contributed by atoms with Crippen LogP contribution < -0.4 is 5.32 Å². The molecule has 0 bridgehead atoms. The Labute approximate surface area is 204 Å². The highest BCUT2D eigenvalue weighted by atomic mass is 35.5. The van der Waals surface area contributed by atoms with Gasteiger partial charge in [-0.3, -0.25) is 4.79 Å². The molecule has 1 aliphatic heterocycles. The summed E-state index contributed by atoms with van der Waals surface area (Å²) >= 11 is 0. The van der Waals surface area contributed by atoms with E-state index in [0.717, 1.165) is 39.0 Å². The maximum Gasteiger partial charge on any atom is 0.319 e. The van der Waals surface area contributed by atoms with E-state index < -0.39 is 0 Å². The van der Waals surface area contributed by atoms with Crippen LogP contribution in [0.2, 0.25) is 0 Å². The Balaban J connectivity index is 0.00000385. The second-order valence-corrected chi connectivity index (χ2v) is 9.37. The fourth-order valence-corrected chi connectivity index (χ4v) is 4.88. The van der Waals surface area contributed by atoms with Crippen molar-refractivity contribution >= 4 is 18.4 Å². The zero-order valence-corrected chi connectivity index (χ0v) is 20.9. The Kier molecular flexibility index (Phi) is 10.7. The van der Waals surface area contributed by atoms with E-state index in [1.807, 2.05) is 25.1 Å². The van der Waals surface area contributed by atoms with Gasteiger partial charge in [0, 0.05) is 19.6 Å². The number of hydrogen-bond donors (Lipinski definition) is 2. The molecule has 182 valence electrons. The molecule has 0 spiro atoms. The number of benzene rings is 2. The summed E-state index contributed by atoms with van der Waals surface area (Å²) in [6.07, 6.45) is 2.04. The Bertz CT molecular complexity index is 863. The van der Waals surface area contributed by atoms with Crippen molar-refractivity contribution in [3.8, 4) is 5.75 Å². The van der Waals surface area contributed by atoms with Gasteiger partial charge in [-0.15, -0.1) is 12.4 Å². The zero-order chi connectivity index (χ0) is 23.0. The number of piperidine rings is 1. The summed E-state index contributed by atoms with van der Waals surface area (Å²) < 4.78 is 5.05. The highest BCUT2D eigenvalue weighted by Gasteiger charge is 2.38. The van der Waals surface area contributed by atoms with Crippen LogP contribution in [0.4, 0.5) is 0 Å². The molecule has 5 nitrogen and oxygen atoms in total. The summed E-state index contributed by atoms with van der Waals surface area (Å²) in [6, 6.07) is 18.3. The number of likely N-dealkylation sites (tertiary alicyclic amines) is 1. The number of phenols is 1. The van der Waals surface area contributed by atoms with E-state index in [2.05, 4.69) is 54.4 Å². The Morgan fingerprint density at radius 1 is 1.24 bits per heavy atom. The Morgan fingerprint density at radius 2 is 2.00 bits per heavy atom. The van der Waals surface area contributed by atoms with Crippen molar-refractivity contribution in [3.63, 3.8) is 0 Å². The summed E-state index contributed by atoms with van der Waals surface area (Å²) in [5, 5.41) is 13.3. The Morgan fingerprint density at radius 3 is 2.67 bits per heavy atom. The minimum absolute atomic E-state index is 0. The van der Waals surface area contributed by atoms with E-state index in [0.29, 0.717) is 24.2 Å². The summed E-state index contributed by atoms with van der Waals surface area (Å²) in [4.78, 5) is 14.3. The summed E-state index contributed by atoms with van der Waals surface area (Å²) in [5.74, 6) is 1.03. The predicted molar refractivity (Wildman–Crippen MR) is 136 cm³/mol. The molecule has 0 unspecified atom stereocenters. The van der Waals surface area contributed by atoms with Crippen LogP contribution in [0.3, 0.4) is 0 Å². The van der Waals surface area contributed by atoms with Gasteiger partial charge >= 0.3 is 5.97 Å². The van der Waals surface area contributed by atoms with Gasteiger partial charge in [-0.05, 0) is 66.8 Å². The van der Waals surface area contributed by atoms with Crippen molar-refractivity contribution in [2.75, 3.05) is 39.3 Å². The van der Waals surface area contributed by atoms with Gasteiger partial charge in [0.15, 0.2) is 0 Å². The highest BCUT2D eigenvalue weighted by molar-refractivity contribution is 5.85. The molecule has 3 rings (SSSR count). The smallest absolute Gasteiger partial charge is 0.319 e. The molecule has 0 aromatic heterocycles. The minimum Gasteiger partial charge on any atom is -0.508 e. The standard InChI is InChI=1S/C27H38N2O3.ClH/c1-4-32-26(31)18-28-17-23(15-22-9-6-5-7-10-22)20-29-14-13-27(3,21(2)19-29)24-11-8-12-25(30)16-24;/h5-12,16,21,23,28,30H,4,13-15,17-20H2,1-3H3;1H/t21-,23-,27+;/m0./s1. The minimum atomic E-state index is -0.195. The molecule has 0 radical (unpaired) electrons. The second-order valence-electron chi connectivity index (χ2n) is 9.37. The number of nitrogens with one attached hydrogen (secondary N) is 1. The molecular formula is C27H39ClN2O3. The molecule has 3 atom stereocenters. The fourth-order valence-electron chi connectivity index (χ4n) is 4.88. The summed E-state index contributed by atoms with van der Waals surface area (Å²) in [5.41, 5.74) is 2.61. The number of halogens is 1. The zero-order valence-electron chi connectivity index (χ0n) is 20.1. The fraction of sp³-hybridized carbons (Fsp3) is 0.519. The van der Waals surface area contributed by atoms with E-state index in [4.69, 9.17) is 4.74 Å². The van der Waals surface area contributed by atoms with E-state index in [-0.39, 0.29) is 30.3 Å². The molecule has 2 N–H and O–H groups in total. The van der Waals surface area contributed by atoms with Crippen LogP contribution in [-0.2, 0) is 21.4 Å². The van der Waals surface area contributed by atoms with Crippen molar-refractivity contribution in [1.29, 1.82) is 0 Å². The Hall–Kier alpha value is -2.08. The number of aromatic hydroxyl groups is 1. The van der Waals surface area contributed by atoms with Crippen LogP contribution in [-0.4, -0.2) is 55.3 Å². The lowest BCUT2D eigenvalue weighted by molar-refractivity contribution is -0.142. The molecular weight excluding hydrogens is 436 g/mol. The molecule has 1 aliphatic rings. The topological polar surface area (TPSA) is 61.8 Å². The third-order valence-corrected chi connectivity index (χ3v) is 6.96. The maximum atomic E-state index is 11.7. The van der Waals surface area contributed by atoms with Gasteiger partial charge in [-0.1, -0.05) is 56.3 Å². The first-order chi connectivity index (χ1) is 15.4. The molecule has 2 aromatic carbocycles. The number of carbonyl (C=O) groups is 1. The molecule has 33 heavy (non-hydrogen) atoms. The molecule has 0 amide bonds. The van der Waals surface area contributed by atoms with Crippen molar-refractivity contribution in [3.05, 3.63) is 65.7 Å². The number of ether oxygens (including phenoxy) is 1. The summed E-state index contributed by atoms with van der Waals surface area (Å²) in [6.45, 7) is 11.0. The molecule has 0 aliphatic carbocycles. The SMILES string of the molecule is CCOC(=O)CNC[C@H](Cc1ccccc1)CN1CC[C@@](C)(c2cccc(O)c2)[C@@H](C)C1.Cl. The number of esters is 1. The van der Waals surface area contributed by atoms with Gasteiger partial charge in [0.2, 0.25) is 0 Å². The van der Waals surface area contributed by atoms with Crippen LogP contribution in [0.5, 0.6) is 5.75 Å². The second kappa shape index (κ2) is 13.0. The first-order valence-electron chi connectivity index (χ1n) is 11.8. The van der Waals surface area contributed by atoms with E-state index in [9.17, 15) is 9.90 Å². The van der Waals surface area contributed by atoms with E-state index in [1.54, 1.807) is 6.07 Å². The summed E-state index contributed by atoms with van der Waals surface area (Å²) in [7, 11) is 0. The maximum absolute atomic E-state index is 11.7. The van der Waals surface area contributed by atoms with Crippen molar-refractivity contribution in [2.45, 2.75) is 39.0 Å². The average molecular weight is 475 g/mol. The van der Waals surface area contributed by atoms with Crippen LogP contribution in [0, 0.1) is 11.8 Å².